The van der Waals surface area contributed by atoms with Gasteiger partial charge >= 0.3 is 0 Å². The van der Waals surface area contributed by atoms with Crippen LogP contribution in [-0.2, 0) is 11.3 Å². The van der Waals surface area contributed by atoms with E-state index < -0.39 is 0 Å². The predicted molar refractivity (Wildman–Crippen MR) is 114 cm³/mol. The van der Waals surface area contributed by atoms with Crippen molar-refractivity contribution >= 4 is 27.5 Å². The van der Waals surface area contributed by atoms with Crippen molar-refractivity contribution in [2.45, 2.75) is 45.6 Å². The van der Waals surface area contributed by atoms with Crippen molar-refractivity contribution in [3.05, 3.63) is 51.9 Å². The molecule has 28 heavy (non-hydrogen) atoms. The first kappa shape index (κ1) is 18.9. The van der Waals surface area contributed by atoms with E-state index >= 15 is 0 Å². The number of aryl methyl sites for hydroxylation is 1. The van der Waals surface area contributed by atoms with Gasteiger partial charge in [0, 0.05) is 23.5 Å². The van der Waals surface area contributed by atoms with Crippen LogP contribution in [0.4, 0.5) is 0 Å². The fourth-order valence-electron chi connectivity index (χ4n) is 3.95. The molecule has 3 aromatic rings. The lowest BCUT2D eigenvalue weighted by Gasteiger charge is -2.25. The summed E-state index contributed by atoms with van der Waals surface area (Å²) in [6.07, 6.45) is 7.20. The minimum Gasteiger partial charge on any atom is -0.341 e. The number of carbonyl (C=O) groups excluding carboxylic acids is 1. The predicted octanol–water partition coefficient (Wildman–Crippen LogP) is 4.23. The highest BCUT2D eigenvalue weighted by Crippen LogP contribution is 2.35. The van der Waals surface area contributed by atoms with Gasteiger partial charge in [0.25, 0.3) is 5.56 Å². The van der Waals surface area contributed by atoms with Crippen molar-refractivity contribution < 1.29 is 4.79 Å². The zero-order valence-electron chi connectivity index (χ0n) is 16.2. The van der Waals surface area contributed by atoms with Crippen LogP contribution in [0.3, 0.4) is 0 Å². The number of likely N-dealkylation sites (tertiary alicyclic amines) is 1. The molecule has 3 heterocycles. The summed E-state index contributed by atoms with van der Waals surface area (Å²) >= 11 is 1.53. The van der Waals surface area contributed by atoms with Gasteiger partial charge in [-0.2, -0.15) is 0 Å². The molecule has 6 heteroatoms. The highest BCUT2D eigenvalue weighted by molar-refractivity contribution is 7.19. The molecule has 1 aromatic carbocycles. The monoisotopic (exact) mass is 395 g/mol. The van der Waals surface area contributed by atoms with E-state index in [4.69, 9.17) is 0 Å². The Labute approximate surface area is 168 Å². The highest BCUT2D eigenvalue weighted by atomic mass is 32.1. The second kappa shape index (κ2) is 8.27. The average molecular weight is 396 g/mol. The molecule has 0 aliphatic carbocycles. The number of nitrogens with zero attached hydrogens (tertiary/aromatic N) is 3. The molecule has 2 aromatic heterocycles. The van der Waals surface area contributed by atoms with Gasteiger partial charge in [-0.25, -0.2) is 4.98 Å². The molecule has 1 aliphatic rings. The summed E-state index contributed by atoms with van der Waals surface area (Å²) in [5.74, 6) is 0.0124. The van der Waals surface area contributed by atoms with Crippen molar-refractivity contribution in [2.75, 3.05) is 13.1 Å². The number of aromatic nitrogens is 2. The van der Waals surface area contributed by atoms with E-state index in [1.807, 2.05) is 42.2 Å². The first-order valence-electron chi connectivity index (χ1n) is 9.97. The summed E-state index contributed by atoms with van der Waals surface area (Å²) in [6, 6.07) is 9.93. The Hall–Kier alpha value is -2.47. The van der Waals surface area contributed by atoms with Gasteiger partial charge < -0.3 is 4.90 Å². The maximum absolute atomic E-state index is 13.2. The summed E-state index contributed by atoms with van der Waals surface area (Å²) in [5.41, 5.74) is 1.82. The number of hydrogen-bond acceptors (Lipinski definition) is 4. The Kier molecular flexibility index (Phi) is 5.57. The largest absolute Gasteiger partial charge is 0.341 e. The maximum atomic E-state index is 13.2. The molecule has 1 saturated heterocycles. The summed E-state index contributed by atoms with van der Waals surface area (Å²) in [4.78, 5) is 34.3. The van der Waals surface area contributed by atoms with Crippen molar-refractivity contribution in [1.82, 2.24) is 14.5 Å². The number of amides is 1. The highest BCUT2D eigenvalue weighted by Gasteiger charge is 2.20. The van der Waals surface area contributed by atoms with Crippen LogP contribution in [0.25, 0.3) is 21.3 Å². The molecule has 0 atom stereocenters. The number of thiophene rings is 1. The third-order valence-electron chi connectivity index (χ3n) is 5.43. The van der Waals surface area contributed by atoms with E-state index in [2.05, 4.69) is 4.98 Å². The minimum atomic E-state index is -0.131. The number of benzene rings is 1. The number of rotatable bonds is 3. The first-order chi connectivity index (χ1) is 13.6. The van der Waals surface area contributed by atoms with Crippen molar-refractivity contribution in [1.29, 1.82) is 0 Å². The molecule has 1 amide bonds. The third kappa shape index (κ3) is 3.74. The second-order valence-corrected chi connectivity index (χ2v) is 8.61. The molecule has 1 aliphatic heterocycles. The van der Waals surface area contributed by atoms with Gasteiger partial charge in [-0.15, -0.1) is 11.3 Å². The number of hydrogen-bond donors (Lipinski definition) is 0. The Morgan fingerprint density at radius 3 is 2.46 bits per heavy atom. The molecule has 4 rings (SSSR count). The van der Waals surface area contributed by atoms with E-state index in [0.29, 0.717) is 5.39 Å². The number of carbonyl (C=O) groups is 1. The molecular formula is C22H25N3O2S. The van der Waals surface area contributed by atoms with Crippen molar-refractivity contribution in [3.8, 4) is 11.1 Å². The molecule has 146 valence electrons. The molecule has 0 saturated carbocycles. The standard InChI is InChI=1S/C22H25N3O2S/c1-16-19(17-10-6-5-7-11-17)20-21(28-16)23-15-25(22(20)27)14-18(26)24-12-8-3-2-4-9-13-24/h5-7,10-11,15H,2-4,8-9,12-14H2,1H3. The van der Waals surface area contributed by atoms with E-state index in [1.165, 1.54) is 41.5 Å². The lowest BCUT2D eigenvalue weighted by Crippen LogP contribution is -2.38. The summed E-state index contributed by atoms with van der Waals surface area (Å²) in [5, 5.41) is 0.622. The summed E-state index contributed by atoms with van der Waals surface area (Å²) in [6.45, 7) is 3.65. The molecule has 0 spiro atoms. The van der Waals surface area contributed by atoms with Gasteiger partial charge in [-0.1, -0.05) is 49.6 Å². The minimum absolute atomic E-state index is 0.0124. The van der Waals surface area contributed by atoms with Gasteiger partial charge in [-0.05, 0) is 25.3 Å². The molecule has 0 bridgehead atoms. The van der Waals surface area contributed by atoms with Gasteiger partial charge in [0.05, 0.1) is 11.7 Å². The molecule has 1 fully saturated rings. The van der Waals surface area contributed by atoms with E-state index in [0.717, 1.165) is 46.8 Å². The van der Waals surface area contributed by atoms with Gasteiger partial charge in [-0.3, -0.25) is 14.2 Å². The second-order valence-electron chi connectivity index (χ2n) is 7.41. The fraction of sp³-hybridized carbons (Fsp3) is 0.409. The average Bonchev–Trinajstić information content (AvgIpc) is 3.01. The topological polar surface area (TPSA) is 55.2 Å². The van der Waals surface area contributed by atoms with Crippen LogP contribution in [0.5, 0.6) is 0 Å². The van der Waals surface area contributed by atoms with Crippen LogP contribution >= 0.6 is 11.3 Å². The maximum Gasteiger partial charge on any atom is 0.263 e. The van der Waals surface area contributed by atoms with Crippen LogP contribution in [-0.4, -0.2) is 33.4 Å². The zero-order valence-corrected chi connectivity index (χ0v) is 17.0. The molecule has 5 nitrogen and oxygen atoms in total. The molecule has 0 unspecified atom stereocenters. The van der Waals surface area contributed by atoms with E-state index in [9.17, 15) is 9.59 Å². The van der Waals surface area contributed by atoms with Gasteiger partial charge in [0.1, 0.15) is 11.4 Å². The SMILES string of the molecule is Cc1sc2ncn(CC(=O)N3CCCCCCC3)c(=O)c2c1-c1ccccc1. The van der Waals surface area contributed by atoms with Crippen LogP contribution in [0.2, 0.25) is 0 Å². The lowest BCUT2D eigenvalue weighted by atomic mass is 10.0. The first-order valence-corrected chi connectivity index (χ1v) is 10.8. The summed E-state index contributed by atoms with van der Waals surface area (Å²) < 4.78 is 1.47. The zero-order chi connectivity index (χ0) is 19.5. The van der Waals surface area contributed by atoms with Crippen LogP contribution in [0, 0.1) is 6.92 Å². The smallest absolute Gasteiger partial charge is 0.263 e. The van der Waals surface area contributed by atoms with Crippen LogP contribution < -0.4 is 5.56 Å². The summed E-state index contributed by atoms with van der Waals surface area (Å²) in [7, 11) is 0. The Morgan fingerprint density at radius 2 is 1.75 bits per heavy atom. The Balaban J connectivity index is 1.68. The molecule has 0 radical (unpaired) electrons. The lowest BCUT2D eigenvalue weighted by molar-refractivity contribution is -0.132. The molecule has 0 N–H and O–H groups in total. The fourth-order valence-corrected chi connectivity index (χ4v) is 4.95. The van der Waals surface area contributed by atoms with E-state index in [-0.39, 0.29) is 18.0 Å². The quantitative estimate of drug-likeness (QED) is 0.667. The van der Waals surface area contributed by atoms with Gasteiger partial charge in [0.2, 0.25) is 5.91 Å². The van der Waals surface area contributed by atoms with Crippen molar-refractivity contribution in [2.24, 2.45) is 0 Å². The molecular weight excluding hydrogens is 370 g/mol. The van der Waals surface area contributed by atoms with Crippen LogP contribution in [0.1, 0.15) is 37.0 Å². The normalized spacial score (nSPS) is 15.4. The van der Waals surface area contributed by atoms with Crippen LogP contribution in [0.15, 0.2) is 41.5 Å². The Morgan fingerprint density at radius 1 is 1.07 bits per heavy atom. The van der Waals surface area contributed by atoms with E-state index in [1.54, 1.807) is 0 Å². The number of fused-ring (bicyclic) bond motifs is 1. The Bertz CT molecular complexity index is 1030. The third-order valence-corrected chi connectivity index (χ3v) is 6.44. The van der Waals surface area contributed by atoms with Gasteiger partial charge in [0.15, 0.2) is 0 Å². The van der Waals surface area contributed by atoms with Crippen molar-refractivity contribution in [3.63, 3.8) is 0 Å².